The van der Waals surface area contributed by atoms with Crippen molar-refractivity contribution < 1.29 is 14.3 Å². The summed E-state index contributed by atoms with van der Waals surface area (Å²) in [4.78, 5) is 16.2. The molecule has 7 nitrogen and oxygen atoms in total. The molecular weight excluding hydrogens is 471 g/mol. The summed E-state index contributed by atoms with van der Waals surface area (Å²) in [5, 5.41) is 9.11. The topological polar surface area (TPSA) is 84.0 Å². The minimum atomic E-state index is -0.496. The standard InChI is InChI=1S/C20H34N4O3.HI/c1-7-21-18(22-11-12-23-19(25)27-20(4,5)6)24-14-16-9-10-17(26-8-2)15(3)13-16;/h9-10,13H,7-8,11-12,14H2,1-6H3,(H,23,25)(H2,21,22,24);1H. The Morgan fingerprint density at radius 1 is 1.11 bits per heavy atom. The van der Waals surface area contributed by atoms with E-state index in [0.717, 1.165) is 23.4 Å². The van der Waals surface area contributed by atoms with Crippen molar-refractivity contribution in [1.82, 2.24) is 16.0 Å². The largest absolute Gasteiger partial charge is 0.494 e. The van der Waals surface area contributed by atoms with Gasteiger partial charge in [-0.15, -0.1) is 24.0 Å². The molecule has 0 aliphatic heterocycles. The number of guanidine groups is 1. The number of halogens is 1. The summed E-state index contributed by atoms with van der Waals surface area (Å²) in [7, 11) is 0. The van der Waals surface area contributed by atoms with E-state index in [9.17, 15) is 4.79 Å². The van der Waals surface area contributed by atoms with Gasteiger partial charge >= 0.3 is 6.09 Å². The van der Waals surface area contributed by atoms with Crippen LogP contribution in [0.2, 0.25) is 0 Å². The predicted molar refractivity (Wildman–Crippen MR) is 125 cm³/mol. The predicted octanol–water partition coefficient (Wildman–Crippen LogP) is 3.59. The van der Waals surface area contributed by atoms with Gasteiger partial charge in [0.15, 0.2) is 5.96 Å². The molecule has 0 saturated carbocycles. The van der Waals surface area contributed by atoms with Crippen molar-refractivity contribution in [2.24, 2.45) is 4.99 Å². The van der Waals surface area contributed by atoms with Crippen LogP contribution in [0.3, 0.4) is 0 Å². The Morgan fingerprint density at radius 2 is 1.79 bits per heavy atom. The molecule has 160 valence electrons. The highest BCUT2D eigenvalue weighted by molar-refractivity contribution is 14.0. The quantitative estimate of drug-likeness (QED) is 0.217. The first-order chi connectivity index (χ1) is 12.7. The first-order valence-electron chi connectivity index (χ1n) is 9.46. The van der Waals surface area contributed by atoms with Crippen molar-refractivity contribution in [3.63, 3.8) is 0 Å². The van der Waals surface area contributed by atoms with Crippen LogP contribution in [0.15, 0.2) is 23.2 Å². The second-order valence-electron chi connectivity index (χ2n) is 7.08. The number of nitrogens with one attached hydrogen (secondary N) is 3. The molecular formula is C20H35IN4O3. The fourth-order valence-corrected chi connectivity index (χ4v) is 2.30. The highest BCUT2D eigenvalue weighted by Crippen LogP contribution is 2.19. The van der Waals surface area contributed by atoms with Crippen molar-refractivity contribution in [2.45, 2.75) is 53.7 Å². The average molecular weight is 506 g/mol. The first kappa shape index (κ1) is 26.3. The fraction of sp³-hybridized carbons (Fsp3) is 0.600. The van der Waals surface area contributed by atoms with Crippen LogP contribution in [0.1, 0.15) is 45.7 Å². The van der Waals surface area contributed by atoms with Crippen LogP contribution in [-0.2, 0) is 11.3 Å². The highest BCUT2D eigenvalue weighted by Gasteiger charge is 2.15. The fourth-order valence-electron chi connectivity index (χ4n) is 2.30. The molecule has 0 heterocycles. The molecule has 0 saturated heterocycles. The number of aliphatic imine (C=N–C) groups is 1. The third-order valence-corrected chi connectivity index (χ3v) is 3.39. The Morgan fingerprint density at radius 3 is 2.36 bits per heavy atom. The van der Waals surface area contributed by atoms with E-state index in [4.69, 9.17) is 9.47 Å². The molecule has 0 bridgehead atoms. The smallest absolute Gasteiger partial charge is 0.407 e. The van der Waals surface area contributed by atoms with Crippen LogP contribution in [0.5, 0.6) is 5.75 Å². The maximum atomic E-state index is 11.6. The summed E-state index contributed by atoms with van der Waals surface area (Å²) in [6.45, 7) is 14.5. The monoisotopic (exact) mass is 506 g/mol. The van der Waals surface area contributed by atoms with Gasteiger partial charge in [0, 0.05) is 19.6 Å². The molecule has 1 aromatic carbocycles. The number of carbonyl (C=O) groups is 1. The second kappa shape index (κ2) is 13.5. The van der Waals surface area contributed by atoms with Crippen LogP contribution < -0.4 is 20.7 Å². The maximum absolute atomic E-state index is 11.6. The number of amides is 1. The molecule has 0 fully saturated rings. The lowest BCUT2D eigenvalue weighted by Crippen LogP contribution is -2.42. The van der Waals surface area contributed by atoms with Crippen molar-refractivity contribution in [1.29, 1.82) is 0 Å². The second-order valence-corrected chi connectivity index (χ2v) is 7.08. The molecule has 0 unspecified atom stereocenters. The van der Waals surface area contributed by atoms with E-state index < -0.39 is 11.7 Å². The van der Waals surface area contributed by atoms with Crippen LogP contribution in [-0.4, -0.2) is 43.9 Å². The lowest BCUT2D eigenvalue weighted by molar-refractivity contribution is 0.0529. The average Bonchev–Trinajstić information content (AvgIpc) is 2.57. The minimum absolute atomic E-state index is 0. The number of rotatable bonds is 8. The number of benzene rings is 1. The number of hydrogen-bond acceptors (Lipinski definition) is 4. The first-order valence-corrected chi connectivity index (χ1v) is 9.46. The Bertz CT molecular complexity index is 630. The normalized spacial score (nSPS) is 11.3. The number of hydrogen-bond donors (Lipinski definition) is 3. The molecule has 1 aromatic rings. The number of carbonyl (C=O) groups excluding carboxylic acids is 1. The van der Waals surface area contributed by atoms with Gasteiger partial charge in [0.05, 0.1) is 13.2 Å². The molecule has 0 aliphatic carbocycles. The number of alkyl carbamates (subject to hydrolysis) is 1. The van der Waals surface area contributed by atoms with Crippen LogP contribution in [0, 0.1) is 6.92 Å². The molecule has 0 aromatic heterocycles. The summed E-state index contributed by atoms with van der Waals surface area (Å²) in [5.41, 5.74) is 1.72. The Hall–Kier alpha value is -1.71. The summed E-state index contributed by atoms with van der Waals surface area (Å²) in [5.74, 6) is 1.61. The summed E-state index contributed by atoms with van der Waals surface area (Å²) >= 11 is 0. The zero-order valence-corrected chi connectivity index (χ0v) is 20.2. The number of ether oxygens (including phenoxy) is 2. The van der Waals surface area contributed by atoms with Gasteiger partial charge in [-0.25, -0.2) is 9.79 Å². The SMILES string of the molecule is CCNC(=NCc1ccc(OCC)c(C)c1)NCCNC(=O)OC(C)(C)C.I. The van der Waals surface area contributed by atoms with Gasteiger partial charge < -0.3 is 25.4 Å². The lowest BCUT2D eigenvalue weighted by Gasteiger charge is -2.19. The van der Waals surface area contributed by atoms with Crippen molar-refractivity contribution in [2.75, 3.05) is 26.2 Å². The van der Waals surface area contributed by atoms with E-state index >= 15 is 0 Å². The van der Waals surface area contributed by atoms with E-state index in [1.54, 1.807) is 0 Å². The van der Waals surface area contributed by atoms with E-state index in [1.165, 1.54) is 0 Å². The third-order valence-electron chi connectivity index (χ3n) is 3.39. The van der Waals surface area contributed by atoms with Crippen molar-refractivity contribution in [3.8, 4) is 5.75 Å². The van der Waals surface area contributed by atoms with Crippen LogP contribution >= 0.6 is 24.0 Å². The molecule has 0 aliphatic rings. The summed E-state index contributed by atoms with van der Waals surface area (Å²) < 4.78 is 10.8. The van der Waals surface area contributed by atoms with Gasteiger partial charge in [-0.1, -0.05) is 12.1 Å². The van der Waals surface area contributed by atoms with E-state index in [2.05, 4.69) is 27.0 Å². The zero-order valence-electron chi connectivity index (χ0n) is 17.8. The van der Waals surface area contributed by atoms with E-state index in [1.807, 2.05) is 53.7 Å². The highest BCUT2D eigenvalue weighted by atomic mass is 127. The van der Waals surface area contributed by atoms with Gasteiger partial charge in [-0.2, -0.15) is 0 Å². The molecule has 8 heteroatoms. The van der Waals surface area contributed by atoms with E-state index in [0.29, 0.717) is 32.2 Å². The van der Waals surface area contributed by atoms with Crippen molar-refractivity contribution >= 4 is 36.0 Å². The molecule has 28 heavy (non-hydrogen) atoms. The minimum Gasteiger partial charge on any atom is -0.494 e. The molecule has 3 N–H and O–H groups in total. The van der Waals surface area contributed by atoms with Gasteiger partial charge in [-0.05, 0) is 58.7 Å². The Kier molecular flexibility index (Phi) is 12.6. The number of nitrogens with zero attached hydrogens (tertiary/aromatic N) is 1. The van der Waals surface area contributed by atoms with Gasteiger partial charge in [0.1, 0.15) is 11.4 Å². The zero-order chi connectivity index (χ0) is 20.3. The molecule has 0 radical (unpaired) electrons. The van der Waals surface area contributed by atoms with Crippen molar-refractivity contribution in [3.05, 3.63) is 29.3 Å². The van der Waals surface area contributed by atoms with Gasteiger partial charge in [-0.3, -0.25) is 0 Å². The molecule has 1 rings (SSSR count). The van der Waals surface area contributed by atoms with Gasteiger partial charge in [0.2, 0.25) is 0 Å². The Balaban J connectivity index is 0.00000729. The summed E-state index contributed by atoms with van der Waals surface area (Å²) in [6.07, 6.45) is -0.420. The van der Waals surface area contributed by atoms with Crippen LogP contribution in [0.4, 0.5) is 4.79 Å². The van der Waals surface area contributed by atoms with Gasteiger partial charge in [0.25, 0.3) is 0 Å². The molecule has 0 spiro atoms. The maximum Gasteiger partial charge on any atom is 0.407 e. The number of aryl methyl sites for hydroxylation is 1. The Labute approximate surface area is 186 Å². The lowest BCUT2D eigenvalue weighted by atomic mass is 10.1. The molecule has 0 atom stereocenters. The summed E-state index contributed by atoms with van der Waals surface area (Å²) in [6, 6.07) is 6.09. The van der Waals surface area contributed by atoms with Crippen LogP contribution in [0.25, 0.3) is 0 Å². The molecule has 1 amide bonds. The third kappa shape index (κ3) is 11.2. The van der Waals surface area contributed by atoms with E-state index in [-0.39, 0.29) is 24.0 Å².